The summed E-state index contributed by atoms with van der Waals surface area (Å²) in [7, 11) is 2.14. The summed E-state index contributed by atoms with van der Waals surface area (Å²) in [6.45, 7) is 5.20. The van der Waals surface area contributed by atoms with Crippen molar-refractivity contribution < 1.29 is 0 Å². The molecule has 1 aliphatic heterocycles. The number of hydrogen-bond donors (Lipinski definition) is 0. The summed E-state index contributed by atoms with van der Waals surface area (Å²) in [6.07, 6.45) is 1.73. The highest BCUT2D eigenvalue weighted by Gasteiger charge is 2.23. The topological polar surface area (TPSA) is 30.3 Å². The van der Waals surface area contributed by atoms with E-state index < -0.39 is 0 Å². The summed E-state index contributed by atoms with van der Waals surface area (Å²) in [5.74, 6) is 0. The zero-order chi connectivity index (χ0) is 13.8. The minimum absolute atomic E-state index is 0.290. The Morgan fingerprint density at radius 2 is 2.21 bits per heavy atom. The number of rotatable bonds is 2. The number of nitriles is 1. The van der Waals surface area contributed by atoms with Gasteiger partial charge in [0.25, 0.3) is 0 Å². The molecule has 1 atom stereocenters. The van der Waals surface area contributed by atoms with E-state index in [1.54, 1.807) is 0 Å². The lowest BCUT2D eigenvalue weighted by molar-refractivity contribution is 0.332. The molecule has 102 valence electrons. The first-order chi connectivity index (χ1) is 9.11. The van der Waals surface area contributed by atoms with Gasteiger partial charge in [0.2, 0.25) is 0 Å². The molecular weight excluding hydrogens is 302 g/mol. The SMILES string of the molecule is Cc1cc(N2CCCN(C)CC2CC#N)ccc1Br. The molecule has 0 radical (unpaired) electrons. The number of benzene rings is 1. The van der Waals surface area contributed by atoms with E-state index in [-0.39, 0.29) is 6.04 Å². The van der Waals surface area contributed by atoms with Crippen LogP contribution in [0.15, 0.2) is 22.7 Å². The van der Waals surface area contributed by atoms with Gasteiger partial charge in [-0.3, -0.25) is 0 Å². The van der Waals surface area contributed by atoms with Crippen LogP contribution in [-0.4, -0.2) is 37.6 Å². The molecule has 0 spiro atoms. The van der Waals surface area contributed by atoms with Crippen molar-refractivity contribution in [1.82, 2.24) is 4.90 Å². The van der Waals surface area contributed by atoms with Gasteiger partial charge < -0.3 is 9.80 Å². The van der Waals surface area contributed by atoms with Crippen LogP contribution in [0.3, 0.4) is 0 Å². The summed E-state index contributed by atoms with van der Waals surface area (Å²) in [5.41, 5.74) is 2.47. The zero-order valence-electron chi connectivity index (χ0n) is 11.6. The third-order valence-electron chi connectivity index (χ3n) is 3.70. The highest BCUT2D eigenvalue weighted by molar-refractivity contribution is 9.10. The molecule has 1 fully saturated rings. The Balaban J connectivity index is 2.27. The maximum absolute atomic E-state index is 9.06. The third-order valence-corrected chi connectivity index (χ3v) is 4.59. The quantitative estimate of drug-likeness (QED) is 0.838. The number of likely N-dealkylation sites (N-methyl/N-ethyl adjacent to an activating group) is 1. The molecule has 1 aliphatic rings. The van der Waals surface area contributed by atoms with Crippen LogP contribution in [0.25, 0.3) is 0 Å². The van der Waals surface area contributed by atoms with E-state index in [4.69, 9.17) is 5.26 Å². The van der Waals surface area contributed by atoms with Crippen molar-refractivity contribution in [3.05, 3.63) is 28.2 Å². The normalized spacial score (nSPS) is 20.9. The van der Waals surface area contributed by atoms with Crippen molar-refractivity contribution >= 4 is 21.6 Å². The number of nitrogens with zero attached hydrogens (tertiary/aromatic N) is 3. The van der Waals surface area contributed by atoms with E-state index in [2.05, 4.69) is 64.0 Å². The van der Waals surface area contributed by atoms with E-state index in [0.29, 0.717) is 6.42 Å². The van der Waals surface area contributed by atoms with Crippen molar-refractivity contribution in [3.8, 4) is 6.07 Å². The summed E-state index contributed by atoms with van der Waals surface area (Å²) >= 11 is 3.55. The second-order valence-electron chi connectivity index (χ2n) is 5.26. The van der Waals surface area contributed by atoms with E-state index >= 15 is 0 Å². The van der Waals surface area contributed by atoms with Gasteiger partial charge in [-0.25, -0.2) is 0 Å². The highest BCUT2D eigenvalue weighted by Crippen LogP contribution is 2.26. The molecule has 1 aromatic rings. The molecule has 19 heavy (non-hydrogen) atoms. The Morgan fingerprint density at radius 1 is 1.42 bits per heavy atom. The molecule has 1 unspecified atom stereocenters. The van der Waals surface area contributed by atoms with Gasteiger partial charge in [-0.1, -0.05) is 15.9 Å². The summed E-state index contributed by atoms with van der Waals surface area (Å²) in [5, 5.41) is 9.06. The van der Waals surface area contributed by atoms with Crippen molar-refractivity contribution in [2.45, 2.75) is 25.8 Å². The van der Waals surface area contributed by atoms with Crippen molar-refractivity contribution in [2.24, 2.45) is 0 Å². The van der Waals surface area contributed by atoms with E-state index in [9.17, 15) is 0 Å². The number of halogens is 1. The van der Waals surface area contributed by atoms with Gasteiger partial charge in [0, 0.05) is 23.2 Å². The molecule has 2 rings (SSSR count). The fraction of sp³-hybridized carbons (Fsp3) is 0.533. The molecule has 0 saturated carbocycles. The first kappa shape index (κ1) is 14.4. The number of hydrogen-bond acceptors (Lipinski definition) is 3. The maximum atomic E-state index is 9.06. The lowest BCUT2D eigenvalue weighted by Gasteiger charge is -2.31. The molecule has 0 amide bonds. The van der Waals surface area contributed by atoms with Crippen LogP contribution in [0, 0.1) is 18.3 Å². The summed E-state index contributed by atoms with van der Waals surface area (Å²) in [4.78, 5) is 4.72. The van der Waals surface area contributed by atoms with Gasteiger partial charge >= 0.3 is 0 Å². The maximum Gasteiger partial charge on any atom is 0.0643 e. The first-order valence-electron chi connectivity index (χ1n) is 6.70. The van der Waals surface area contributed by atoms with Crippen LogP contribution in [0.2, 0.25) is 0 Å². The molecule has 1 heterocycles. The standard InChI is InChI=1S/C15H20BrN3/c1-12-10-13(4-5-15(12)16)19-9-3-8-18(2)11-14(19)6-7-17/h4-5,10,14H,3,6,8-9,11H2,1-2H3. The molecule has 1 aromatic carbocycles. The van der Waals surface area contributed by atoms with Crippen LogP contribution < -0.4 is 4.90 Å². The third kappa shape index (κ3) is 3.49. The molecule has 0 aliphatic carbocycles. The van der Waals surface area contributed by atoms with Crippen LogP contribution in [0.5, 0.6) is 0 Å². The Labute approximate surface area is 123 Å². The lowest BCUT2D eigenvalue weighted by Crippen LogP contribution is -2.40. The molecule has 4 heteroatoms. The fourth-order valence-electron chi connectivity index (χ4n) is 2.67. The first-order valence-corrected chi connectivity index (χ1v) is 7.49. The largest absolute Gasteiger partial charge is 0.366 e. The molecular formula is C15H20BrN3. The lowest BCUT2D eigenvalue weighted by atomic mass is 10.1. The second kappa shape index (κ2) is 6.40. The Kier molecular flexibility index (Phi) is 4.84. The number of anilines is 1. The summed E-state index contributed by atoms with van der Waals surface area (Å²) < 4.78 is 1.14. The second-order valence-corrected chi connectivity index (χ2v) is 6.11. The minimum Gasteiger partial charge on any atom is -0.366 e. The van der Waals surface area contributed by atoms with Crippen LogP contribution in [-0.2, 0) is 0 Å². The molecule has 0 bridgehead atoms. The van der Waals surface area contributed by atoms with Crippen molar-refractivity contribution in [2.75, 3.05) is 31.6 Å². The van der Waals surface area contributed by atoms with Gasteiger partial charge in [0.05, 0.1) is 18.5 Å². The predicted octanol–water partition coefficient (Wildman–Crippen LogP) is 3.18. The zero-order valence-corrected chi connectivity index (χ0v) is 13.2. The number of aryl methyl sites for hydroxylation is 1. The monoisotopic (exact) mass is 321 g/mol. The van der Waals surface area contributed by atoms with Crippen LogP contribution >= 0.6 is 15.9 Å². The van der Waals surface area contributed by atoms with Gasteiger partial charge in [-0.15, -0.1) is 0 Å². The molecule has 3 nitrogen and oxygen atoms in total. The van der Waals surface area contributed by atoms with Gasteiger partial charge in [0.15, 0.2) is 0 Å². The minimum atomic E-state index is 0.290. The van der Waals surface area contributed by atoms with Crippen LogP contribution in [0.1, 0.15) is 18.4 Å². The predicted molar refractivity (Wildman–Crippen MR) is 82.4 cm³/mol. The highest BCUT2D eigenvalue weighted by atomic mass is 79.9. The fourth-order valence-corrected chi connectivity index (χ4v) is 2.92. The Bertz CT molecular complexity index is 481. The van der Waals surface area contributed by atoms with Crippen molar-refractivity contribution in [1.29, 1.82) is 5.26 Å². The summed E-state index contributed by atoms with van der Waals surface area (Å²) in [6, 6.07) is 9.08. The average molecular weight is 322 g/mol. The average Bonchev–Trinajstić information content (AvgIpc) is 2.55. The Hall–Kier alpha value is -1.05. The van der Waals surface area contributed by atoms with E-state index in [1.807, 2.05) is 0 Å². The molecule has 0 aromatic heterocycles. The molecule has 1 saturated heterocycles. The van der Waals surface area contributed by atoms with Gasteiger partial charge in [-0.05, 0) is 50.7 Å². The van der Waals surface area contributed by atoms with Crippen molar-refractivity contribution in [3.63, 3.8) is 0 Å². The van der Waals surface area contributed by atoms with Gasteiger partial charge in [0.1, 0.15) is 0 Å². The van der Waals surface area contributed by atoms with Gasteiger partial charge in [-0.2, -0.15) is 5.26 Å². The van der Waals surface area contributed by atoms with E-state index in [1.165, 1.54) is 11.3 Å². The van der Waals surface area contributed by atoms with Crippen LogP contribution in [0.4, 0.5) is 5.69 Å². The smallest absolute Gasteiger partial charge is 0.0643 e. The van der Waals surface area contributed by atoms with E-state index in [0.717, 1.165) is 30.5 Å². The Morgan fingerprint density at radius 3 is 2.89 bits per heavy atom. The molecule has 0 N–H and O–H groups in total.